The molecule has 0 aromatic heterocycles. The summed E-state index contributed by atoms with van der Waals surface area (Å²) in [4.78, 5) is 10.8. The van der Waals surface area contributed by atoms with Crippen LogP contribution in [0.1, 0.15) is 31.2 Å². The van der Waals surface area contributed by atoms with E-state index in [0.717, 1.165) is 12.1 Å². The van der Waals surface area contributed by atoms with Gasteiger partial charge in [0.05, 0.1) is 11.7 Å². The quantitative estimate of drug-likeness (QED) is 0.863. The van der Waals surface area contributed by atoms with E-state index in [1.54, 1.807) is 0 Å². The molecule has 22 heavy (non-hydrogen) atoms. The molecule has 0 unspecified atom stereocenters. The normalized spacial score (nSPS) is 22.5. The number of halogens is 2. The molecule has 1 aromatic rings. The highest BCUT2D eigenvalue weighted by Crippen LogP contribution is 2.25. The maximum atomic E-state index is 13.5. The zero-order chi connectivity index (χ0) is 16.3. The van der Waals surface area contributed by atoms with Crippen LogP contribution < -0.4 is 4.72 Å². The lowest BCUT2D eigenvalue weighted by atomic mass is 9.87. The van der Waals surface area contributed by atoms with Gasteiger partial charge >= 0.3 is 5.97 Å². The molecular formula is C14H17F2NO4S. The molecule has 122 valence electrons. The van der Waals surface area contributed by atoms with Crippen LogP contribution in [0, 0.1) is 17.6 Å². The van der Waals surface area contributed by atoms with Crippen LogP contribution in [0.3, 0.4) is 0 Å². The highest BCUT2D eigenvalue weighted by molar-refractivity contribution is 7.88. The largest absolute Gasteiger partial charge is 0.481 e. The van der Waals surface area contributed by atoms with Gasteiger partial charge in [0.25, 0.3) is 0 Å². The van der Waals surface area contributed by atoms with E-state index in [9.17, 15) is 22.0 Å². The molecule has 0 bridgehead atoms. The van der Waals surface area contributed by atoms with Crippen molar-refractivity contribution >= 4 is 16.0 Å². The summed E-state index contributed by atoms with van der Waals surface area (Å²) in [6, 6.07) is 2.79. The number of carbonyl (C=O) groups is 1. The number of hydrogen-bond acceptors (Lipinski definition) is 3. The lowest BCUT2D eigenvalue weighted by molar-refractivity contribution is -0.142. The summed E-state index contributed by atoms with van der Waals surface area (Å²) in [5.41, 5.74) is -0.491. The summed E-state index contributed by atoms with van der Waals surface area (Å²) in [5, 5.41) is 8.89. The topological polar surface area (TPSA) is 83.5 Å². The van der Waals surface area contributed by atoms with E-state index in [-0.39, 0.29) is 0 Å². The minimum absolute atomic E-state index is 0.385. The molecule has 1 aliphatic rings. The Morgan fingerprint density at radius 3 is 2.23 bits per heavy atom. The molecule has 2 N–H and O–H groups in total. The van der Waals surface area contributed by atoms with E-state index < -0.39 is 50.9 Å². The standard InChI is InChI=1S/C14H17F2NO4S/c15-12-2-1-3-13(16)11(12)8-22(20,21)17-10-6-4-9(5-7-10)14(18)19/h1-3,9-10,17H,4-8H2,(H,18,19). The minimum atomic E-state index is -3.89. The Morgan fingerprint density at radius 1 is 1.18 bits per heavy atom. The molecular weight excluding hydrogens is 316 g/mol. The van der Waals surface area contributed by atoms with E-state index in [1.807, 2.05) is 0 Å². The van der Waals surface area contributed by atoms with Crippen molar-refractivity contribution in [3.63, 3.8) is 0 Å². The van der Waals surface area contributed by atoms with Gasteiger partial charge in [-0.25, -0.2) is 21.9 Å². The van der Waals surface area contributed by atoms with E-state index in [1.165, 1.54) is 6.07 Å². The van der Waals surface area contributed by atoms with Crippen LogP contribution >= 0.6 is 0 Å². The summed E-state index contributed by atoms with van der Waals surface area (Å²) in [6.07, 6.45) is 1.57. The Labute approximate surface area is 127 Å². The fraction of sp³-hybridized carbons (Fsp3) is 0.500. The molecule has 0 spiro atoms. The third kappa shape index (κ3) is 4.23. The molecule has 1 aromatic carbocycles. The second kappa shape index (κ2) is 6.70. The first-order chi connectivity index (χ1) is 10.3. The molecule has 0 aliphatic heterocycles. The van der Waals surface area contributed by atoms with Crippen molar-refractivity contribution in [1.29, 1.82) is 0 Å². The number of aliphatic carboxylic acids is 1. The van der Waals surface area contributed by atoms with Crippen molar-refractivity contribution in [1.82, 2.24) is 4.72 Å². The smallest absolute Gasteiger partial charge is 0.306 e. The molecule has 0 atom stereocenters. The molecule has 1 saturated carbocycles. The number of carboxylic acid groups (broad SMARTS) is 1. The molecule has 2 rings (SSSR count). The average molecular weight is 333 g/mol. The van der Waals surface area contributed by atoms with Gasteiger partial charge in [-0.1, -0.05) is 6.07 Å². The molecule has 0 heterocycles. The van der Waals surface area contributed by atoms with Crippen molar-refractivity contribution in [2.24, 2.45) is 5.92 Å². The summed E-state index contributed by atoms with van der Waals surface area (Å²) in [7, 11) is -3.89. The van der Waals surface area contributed by atoms with Crippen LogP contribution in [0.4, 0.5) is 8.78 Å². The molecule has 0 amide bonds. The third-order valence-electron chi connectivity index (χ3n) is 3.82. The zero-order valence-electron chi connectivity index (χ0n) is 11.8. The maximum Gasteiger partial charge on any atom is 0.306 e. The van der Waals surface area contributed by atoms with Crippen molar-refractivity contribution in [3.8, 4) is 0 Å². The predicted molar refractivity (Wildman–Crippen MR) is 75.5 cm³/mol. The lowest BCUT2D eigenvalue weighted by Gasteiger charge is -2.26. The first kappa shape index (κ1) is 16.8. The van der Waals surface area contributed by atoms with Gasteiger partial charge in [0.15, 0.2) is 0 Å². The summed E-state index contributed by atoms with van der Waals surface area (Å²) >= 11 is 0. The van der Waals surface area contributed by atoms with Crippen LogP contribution in [0.5, 0.6) is 0 Å². The minimum Gasteiger partial charge on any atom is -0.481 e. The molecule has 1 aliphatic carbocycles. The van der Waals surface area contributed by atoms with Crippen LogP contribution in [-0.4, -0.2) is 25.5 Å². The summed E-state index contributed by atoms with van der Waals surface area (Å²) < 4.78 is 53.5. The number of rotatable bonds is 5. The first-order valence-electron chi connectivity index (χ1n) is 6.94. The number of sulfonamides is 1. The van der Waals surface area contributed by atoms with Gasteiger partial charge in [-0.3, -0.25) is 4.79 Å². The third-order valence-corrected chi connectivity index (χ3v) is 5.18. The second-order valence-corrected chi connectivity index (χ2v) is 7.22. The Bertz CT molecular complexity index is 635. The number of nitrogens with one attached hydrogen (secondary N) is 1. The lowest BCUT2D eigenvalue weighted by Crippen LogP contribution is -2.39. The SMILES string of the molecule is O=C(O)C1CCC(NS(=O)(=O)Cc2c(F)cccc2F)CC1. The van der Waals surface area contributed by atoms with Crippen LogP contribution in [0.2, 0.25) is 0 Å². The molecule has 1 fully saturated rings. The maximum absolute atomic E-state index is 13.5. The van der Waals surface area contributed by atoms with Gasteiger partial charge in [0.1, 0.15) is 11.6 Å². The van der Waals surface area contributed by atoms with Crippen LogP contribution in [0.15, 0.2) is 18.2 Å². The predicted octanol–water partition coefficient (Wildman–Crippen LogP) is 2.03. The fourth-order valence-electron chi connectivity index (χ4n) is 2.61. The molecule has 0 radical (unpaired) electrons. The Morgan fingerprint density at radius 2 is 1.73 bits per heavy atom. The van der Waals surface area contributed by atoms with Gasteiger partial charge in [0.2, 0.25) is 10.0 Å². The molecule has 8 heteroatoms. The first-order valence-corrected chi connectivity index (χ1v) is 8.59. The Hall–Kier alpha value is -1.54. The number of benzene rings is 1. The molecule has 5 nitrogen and oxygen atoms in total. The van der Waals surface area contributed by atoms with Gasteiger partial charge < -0.3 is 5.11 Å². The monoisotopic (exact) mass is 333 g/mol. The number of hydrogen-bond donors (Lipinski definition) is 2. The molecule has 0 saturated heterocycles. The van der Waals surface area contributed by atoms with Crippen LogP contribution in [-0.2, 0) is 20.6 Å². The van der Waals surface area contributed by atoms with Gasteiger partial charge in [-0.2, -0.15) is 0 Å². The Kier molecular flexibility index (Phi) is 5.12. The van der Waals surface area contributed by atoms with Crippen molar-refractivity contribution in [2.45, 2.75) is 37.5 Å². The van der Waals surface area contributed by atoms with Gasteiger partial charge in [0, 0.05) is 11.6 Å². The highest BCUT2D eigenvalue weighted by Gasteiger charge is 2.29. The van der Waals surface area contributed by atoms with E-state index in [4.69, 9.17) is 5.11 Å². The van der Waals surface area contributed by atoms with Crippen molar-refractivity contribution in [3.05, 3.63) is 35.4 Å². The Balaban J connectivity index is 1.99. The van der Waals surface area contributed by atoms with E-state index in [2.05, 4.69) is 4.72 Å². The highest BCUT2D eigenvalue weighted by atomic mass is 32.2. The summed E-state index contributed by atoms with van der Waals surface area (Å²) in [5.74, 6) is -3.91. The number of carboxylic acids is 1. The average Bonchev–Trinajstić information content (AvgIpc) is 2.43. The van der Waals surface area contributed by atoms with Gasteiger partial charge in [-0.05, 0) is 37.8 Å². The van der Waals surface area contributed by atoms with Crippen LogP contribution in [0.25, 0.3) is 0 Å². The summed E-state index contributed by atoms with van der Waals surface area (Å²) in [6.45, 7) is 0. The second-order valence-electron chi connectivity index (χ2n) is 5.46. The van der Waals surface area contributed by atoms with E-state index >= 15 is 0 Å². The van der Waals surface area contributed by atoms with Gasteiger partial charge in [-0.15, -0.1) is 0 Å². The van der Waals surface area contributed by atoms with Crippen molar-refractivity contribution < 1.29 is 27.1 Å². The van der Waals surface area contributed by atoms with E-state index in [0.29, 0.717) is 25.7 Å². The fourth-order valence-corrected chi connectivity index (χ4v) is 4.10. The zero-order valence-corrected chi connectivity index (χ0v) is 12.6. The van der Waals surface area contributed by atoms with Crippen molar-refractivity contribution in [2.75, 3.05) is 0 Å².